The largest absolute Gasteiger partial charge is 0.378 e. The molecule has 4 heterocycles. The molecule has 3 aromatic heterocycles. The van der Waals surface area contributed by atoms with Crippen LogP contribution in [-0.4, -0.2) is 33.7 Å². The Morgan fingerprint density at radius 1 is 0.914 bits per heavy atom. The van der Waals surface area contributed by atoms with Crippen molar-refractivity contribution in [1.29, 1.82) is 0 Å². The first kappa shape index (κ1) is 23.1. The Labute approximate surface area is 212 Å². The molecule has 0 bridgehead atoms. The fourth-order valence-corrected chi connectivity index (χ4v) is 5.29. The van der Waals surface area contributed by atoms with Gasteiger partial charge in [-0.1, -0.05) is 6.07 Å². The number of benzene rings is 1. The zero-order chi connectivity index (χ0) is 24.7. The van der Waals surface area contributed by atoms with Crippen LogP contribution in [0.3, 0.4) is 0 Å². The van der Waals surface area contributed by atoms with Gasteiger partial charge in [-0.2, -0.15) is 0 Å². The maximum Gasteiger partial charge on any atom is 0.174 e. The molecular weight excluding hydrogens is 452 g/mol. The number of pyridine rings is 2. The van der Waals surface area contributed by atoms with E-state index < -0.39 is 0 Å². The molecule has 7 heteroatoms. The quantitative estimate of drug-likeness (QED) is 0.383. The zero-order valence-corrected chi connectivity index (χ0v) is 21.5. The molecule has 5 rings (SSSR count). The van der Waals surface area contributed by atoms with Crippen molar-refractivity contribution in [1.82, 2.24) is 19.9 Å². The highest BCUT2D eigenvalue weighted by molar-refractivity contribution is 7.80. The maximum absolute atomic E-state index is 5.91. The monoisotopic (exact) mass is 482 g/mol. The Morgan fingerprint density at radius 3 is 2.34 bits per heavy atom. The number of nitrogens with one attached hydrogen (secondary N) is 1. The van der Waals surface area contributed by atoms with Crippen molar-refractivity contribution in [3.05, 3.63) is 101 Å². The number of thiocarbonyl (C=S) groups is 1. The lowest BCUT2D eigenvalue weighted by Crippen LogP contribution is -2.29. The summed E-state index contributed by atoms with van der Waals surface area (Å²) < 4.78 is 2.23. The van der Waals surface area contributed by atoms with Gasteiger partial charge in [-0.3, -0.25) is 4.98 Å². The third-order valence-electron chi connectivity index (χ3n) is 6.66. The molecule has 1 saturated heterocycles. The van der Waals surface area contributed by atoms with Crippen LogP contribution in [0.2, 0.25) is 0 Å². The van der Waals surface area contributed by atoms with Gasteiger partial charge in [0.15, 0.2) is 5.11 Å². The van der Waals surface area contributed by atoms with E-state index in [0.29, 0.717) is 5.11 Å². The van der Waals surface area contributed by atoms with E-state index >= 15 is 0 Å². The Morgan fingerprint density at radius 2 is 1.69 bits per heavy atom. The molecule has 1 aliphatic heterocycles. The van der Waals surface area contributed by atoms with Crippen LogP contribution in [-0.2, 0) is 0 Å². The van der Waals surface area contributed by atoms with Gasteiger partial charge >= 0.3 is 0 Å². The fourth-order valence-electron chi connectivity index (χ4n) is 4.94. The summed E-state index contributed by atoms with van der Waals surface area (Å²) in [6, 6.07) is 20.8. The average molecular weight is 483 g/mol. The van der Waals surface area contributed by atoms with Gasteiger partial charge in [0, 0.05) is 49.3 Å². The molecule has 0 saturated carbocycles. The third kappa shape index (κ3) is 4.17. The lowest BCUT2D eigenvalue weighted by Gasteiger charge is -2.28. The molecule has 1 N–H and O–H groups in total. The van der Waals surface area contributed by atoms with Crippen LogP contribution < -0.4 is 15.1 Å². The Bertz CT molecular complexity index is 1360. The summed E-state index contributed by atoms with van der Waals surface area (Å²) in [5.74, 6) is 0.927. The second-order valence-electron chi connectivity index (χ2n) is 9.26. The molecule has 0 spiro atoms. The number of anilines is 2. The topological polar surface area (TPSA) is 49.2 Å². The summed E-state index contributed by atoms with van der Waals surface area (Å²) in [5.41, 5.74) is 7.82. The van der Waals surface area contributed by atoms with Gasteiger partial charge < -0.3 is 19.7 Å². The molecule has 1 aromatic carbocycles. The Kier molecular flexibility index (Phi) is 6.03. The minimum atomic E-state index is -0.0864. The average Bonchev–Trinajstić information content (AvgIpc) is 3.34. The molecule has 35 heavy (non-hydrogen) atoms. The fraction of sp³-hybridized carbons (Fsp3) is 0.250. The second-order valence-corrected chi connectivity index (χ2v) is 9.65. The van der Waals surface area contributed by atoms with E-state index in [4.69, 9.17) is 17.2 Å². The normalized spacial score (nSPS) is 17.5. The molecule has 6 nitrogen and oxygen atoms in total. The first-order valence-corrected chi connectivity index (χ1v) is 12.2. The molecule has 178 valence electrons. The zero-order valence-electron chi connectivity index (χ0n) is 20.7. The number of hydrogen-bond donors (Lipinski definition) is 1. The van der Waals surface area contributed by atoms with Crippen molar-refractivity contribution in [2.75, 3.05) is 23.9 Å². The van der Waals surface area contributed by atoms with E-state index in [2.05, 4.69) is 87.9 Å². The van der Waals surface area contributed by atoms with E-state index in [1.165, 1.54) is 11.1 Å². The summed E-state index contributed by atoms with van der Waals surface area (Å²) in [6.45, 7) is 6.39. The van der Waals surface area contributed by atoms with Gasteiger partial charge in [0.2, 0.25) is 0 Å². The standard InChI is InChI=1S/C28H30N6S/c1-18-13-15-30-25(16-18)33-19(2)17-23(20(33)3)27-26(24-8-6-7-14-29-24)31-28(35)34(27)22-11-9-21(10-12-22)32(4)5/h6-17,26-27H,1-5H3,(H,31,35). The number of rotatable bonds is 5. The van der Waals surface area contributed by atoms with Crippen LogP contribution >= 0.6 is 12.2 Å². The van der Waals surface area contributed by atoms with Crippen LogP contribution in [0, 0.1) is 20.8 Å². The lowest BCUT2D eigenvalue weighted by atomic mass is 9.96. The van der Waals surface area contributed by atoms with E-state index in [-0.39, 0.29) is 12.1 Å². The van der Waals surface area contributed by atoms with Crippen LogP contribution in [0.25, 0.3) is 5.82 Å². The predicted octanol–water partition coefficient (Wildman–Crippen LogP) is 5.44. The number of aryl methyl sites for hydroxylation is 2. The molecular formula is C28H30N6S. The van der Waals surface area contributed by atoms with Crippen LogP contribution in [0.15, 0.2) is 73.1 Å². The molecule has 2 atom stereocenters. The van der Waals surface area contributed by atoms with Gasteiger partial charge in [-0.05, 0) is 98.7 Å². The van der Waals surface area contributed by atoms with Crippen LogP contribution in [0.1, 0.15) is 40.3 Å². The smallest absolute Gasteiger partial charge is 0.174 e. The SMILES string of the molecule is Cc1ccnc(-n2c(C)cc(C3C(c4ccccn4)NC(=S)N3c3ccc(N(C)C)cc3)c2C)c1. The second kappa shape index (κ2) is 9.15. The van der Waals surface area contributed by atoms with Crippen molar-refractivity contribution in [3.63, 3.8) is 0 Å². The highest BCUT2D eigenvalue weighted by atomic mass is 32.1. The Balaban J connectivity index is 1.66. The molecule has 2 unspecified atom stereocenters. The van der Waals surface area contributed by atoms with Gasteiger partial charge in [-0.15, -0.1) is 0 Å². The molecule has 4 aromatic rings. The summed E-state index contributed by atoms with van der Waals surface area (Å²) in [7, 11) is 4.09. The molecule has 1 fully saturated rings. The minimum Gasteiger partial charge on any atom is -0.378 e. The minimum absolute atomic E-state index is 0.0626. The first-order chi connectivity index (χ1) is 16.8. The van der Waals surface area contributed by atoms with E-state index in [1.54, 1.807) is 0 Å². The highest BCUT2D eigenvalue weighted by Gasteiger charge is 2.42. The summed E-state index contributed by atoms with van der Waals surface area (Å²) in [6.07, 6.45) is 3.70. The van der Waals surface area contributed by atoms with Gasteiger partial charge in [0.05, 0.1) is 17.8 Å². The van der Waals surface area contributed by atoms with Gasteiger partial charge in [0.1, 0.15) is 5.82 Å². The lowest BCUT2D eigenvalue weighted by molar-refractivity contribution is 0.565. The van der Waals surface area contributed by atoms with Crippen molar-refractivity contribution >= 4 is 28.7 Å². The highest BCUT2D eigenvalue weighted by Crippen LogP contribution is 2.43. The number of aromatic nitrogens is 3. The number of hydrogen-bond acceptors (Lipinski definition) is 4. The summed E-state index contributed by atoms with van der Waals surface area (Å²) in [4.78, 5) is 13.7. The summed E-state index contributed by atoms with van der Waals surface area (Å²) >= 11 is 5.91. The predicted molar refractivity (Wildman–Crippen MR) is 146 cm³/mol. The van der Waals surface area contributed by atoms with E-state index in [9.17, 15) is 0 Å². The van der Waals surface area contributed by atoms with E-state index in [1.807, 2.05) is 44.7 Å². The van der Waals surface area contributed by atoms with Crippen molar-refractivity contribution in [3.8, 4) is 5.82 Å². The Hall–Kier alpha value is -3.71. The summed E-state index contributed by atoms with van der Waals surface area (Å²) in [5, 5.41) is 4.27. The third-order valence-corrected chi connectivity index (χ3v) is 6.98. The molecule has 1 aliphatic rings. The van der Waals surface area contributed by atoms with Crippen molar-refractivity contribution in [2.45, 2.75) is 32.9 Å². The number of nitrogens with zero attached hydrogens (tertiary/aromatic N) is 5. The van der Waals surface area contributed by atoms with Crippen molar-refractivity contribution in [2.24, 2.45) is 0 Å². The first-order valence-electron chi connectivity index (χ1n) is 11.7. The van der Waals surface area contributed by atoms with Crippen LogP contribution in [0.4, 0.5) is 11.4 Å². The molecule has 0 aliphatic carbocycles. The molecule has 0 radical (unpaired) electrons. The van der Waals surface area contributed by atoms with Gasteiger partial charge in [-0.25, -0.2) is 4.98 Å². The van der Waals surface area contributed by atoms with Crippen LogP contribution in [0.5, 0.6) is 0 Å². The maximum atomic E-state index is 5.91. The molecule has 0 amide bonds. The van der Waals surface area contributed by atoms with E-state index in [0.717, 1.165) is 34.3 Å². The van der Waals surface area contributed by atoms with Gasteiger partial charge in [0.25, 0.3) is 0 Å². The van der Waals surface area contributed by atoms with Crippen molar-refractivity contribution < 1.29 is 0 Å².